The fourth-order valence-electron chi connectivity index (χ4n) is 3.05. The average Bonchev–Trinajstić information content (AvgIpc) is 3.10. The second kappa shape index (κ2) is 5.81. The number of benzene rings is 2. The third kappa shape index (κ3) is 2.79. The molecule has 4 rings (SSSR count). The van der Waals surface area contributed by atoms with Gasteiger partial charge in [0.1, 0.15) is 5.71 Å². The van der Waals surface area contributed by atoms with E-state index in [1.54, 1.807) is 36.4 Å². The summed E-state index contributed by atoms with van der Waals surface area (Å²) in [6.07, 6.45) is 0. The van der Waals surface area contributed by atoms with Gasteiger partial charge in [0, 0.05) is 27.6 Å². The van der Waals surface area contributed by atoms with Gasteiger partial charge >= 0.3 is 0 Å². The van der Waals surface area contributed by atoms with Gasteiger partial charge in [-0.15, -0.1) is 0 Å². The van der Waals surface area contributed by atoms with Crippen LogP contribution in [-0.2, 0) is 4.79 Å². The van der Waals surface area contributed by atoms with Gasteiger partial charge in [-0.25, -0.2) is 4.99 Å². The third-order valence-electron chi connectivity index (χ3n) is 4.55. The molecule has 3 N–H and O–H groups in total. The number of amides is 1. The Bertz CT molecular complexity index is 1130. The lowest BCUT2D eigenvalue weighted by molar-refractivity contribution is -0.123. The van der Waals surface area contributed by atoms with Crippen molar-refractivity contribution >= 4 is 39.7 Å². The number of hydrogen-bond acceptors (Lipinski definition) is 4. The molecule has 2 aromatic carbocycles. The summed E-state index contributed by atoms with van der Waals surface area (Å²) in [7, 11) is 0. The smallest absolute Gasteiger partial charge is 0.229 e. The van der Waals surface area contributed by atoms with Crippen molar-refractivity contribution in [1.29, 1.82) is 0 Å². The first-order chi connectivity index (χ1) is 12.8. The number of aromatic nitrogens is 1. The summed E-state index contributed by atoms with van der Waals surface area (Å²) in [4.78, 5) is 32.3. The summed E-state index contributed by atoms with van der Waals surface area (Å²) in [5.41, 5.74) is 2.35. The van der Waals surface area contributed by atoms with E-state index in [0.29, 0.717) is 33.4 Å². The second-order valence-corrected chi connectivity index (χ2v) is 7.62. The van der Waals surface area contributed by atoms with Crippen LogP contribution in [0.15, 0.2) is 47.5 Å². The van der Waals surface area contributed by atoms with Crippen LogP contribution in [0.25, 0.3) is 10.9 Å². The molecule has 0 spiro atoms. The highest BCUT2D eigenvalue weighted by atomic mass is 16.3. The fraction of sp³-hybridized carbons (Fsp3) is 0.190. The summed E-state index contributed by atoms with van der Waals surface area (Å²) in [6.45, 7) is 5.49. The molecule has 1 amide bonds. The molecule has 136 valence electrons. The molecule has 0 bridgehead atoms. The zero-order valence-electron chi connectivity index (χ0n) is 15.3. The Kier molecular flexibility index (Phi) is 3.66. The molecular weight excluding hydrogens is 342 g/mol. The number of nitrogens with zero attached hydrogens (tertiary/aromatic N) is 1. The minimum atomic E-state index is -0.536. The van der Waals surface area contributed by atoms with Crippen LogP contribution in [-0.4, -0.2) is 27.5 Å². The average molecular weight is 361 g/mol. The lowest BCUT2D eigenvalue weighted by Crippen LogP contribution is -2.27. The van der Waals surface area contributed by atoms with E-state index in [0.717, 1.165) is 0 Å². The quantitative estimate of drug-likeness (QED) is 0.639. The van der Waals surface area contributed by atoms with Crippen molar-refractivity contribution in [2.45, 2.75) is 20.8 Å². The summed E-state index contributed by atoms with van der Waals surface area (Å²) in [5, 5.41) is 13.9. The van der Waals surface area contributed by atoms with Gasteiger partial charge in [0.15, 0.2) is 5.88 Å². The van der Waals surface area contributed by atoms with Gasteiger partial charge in [0.2, 0.25) is 11.7 Å². The van der Waals surface area contributed by atoms with E-state index in [1.807, 2.05) is 26.8 Å². The zero-order chi connectivity index (χ0) is 19.3. The molecule has 1 aromatic heterocycles. The summed E-state index contributed by atoms with van der Waals surface area (Å²) in [5.74, 6) is -0.472. The van der Waals surface area contributed by atoms with Crippen LogP contribution >= 0.6 is 0 Å². The van der Waals surface area contributed by atoms with Gasteiger partial charge in [0.25, 0.3) is 0 Å². The van der Waals surface area contributed by atoms with Crippen LogP contribution in [0.1, 0.15) is 36.7 Å². The molecular formula is C21H19N3O3. The van der Waals surface area contributed by atoms with E-state index in [9.17, 15) is 14.7 Å². The number of ketones is 1. The molecule has 6 nitrogen and oxygen atoms in total. The maximum atomic E-state index is 12.8. The van der Waals surface area contributed by atoms with Crippen LogP contribution in [0.3, 0.4) is 0 Å². The predicted molar refractivity (Wildman–Crippen MR) is 105 cm³/mol. The van der Waals surface area contributed by atoms with Crippen molar-refractivity contribution in [2.24, 2.45) is 10.4 Å². The Labute approximate surface area is 155 Å². The molecule has 0 fully saturated rings. The molecule has 0 saturated carbocycles. The number of fused-ring (bicyclic) bond motifs is 2. The molecule has 3 aromatic rings. The second-order valence-electron chi connectivity index (χ2n) is 7.62. The summed E-state index contributed by atoms with van der Waals surface area (Å²) < 4.78 is 0. The molecule has 1 aliphatic heterocycles. The standard InChI is InChI=1S/C21H19N3O3/c1-21(2,3)20(27)22-11-8-9-15-13(10-11)16(19(26)24-15)17-18(25)12-6-4-5-7-14(12)23-17/h4-10,24,26H,1-3H3,(H,22,27). The minimum absolute atomic E-state index is 0.121. The maximum absolute atomic E-state index is 12.8. The van der Waals surface area contributed by atoms with Gasteiger partial charge in [-0.3, -0.25) is 9.59 Å². The monoisotopic (exact) mass is 361 g/mol. The van der Waals surface area contributed by atoms with Gasteiger partial charge < -0.3 is 15.4 Å². The van der Waals surface area contributed by atoms with Crippen LogP contribution in [0.5, 0.6) is 5.88 Å². The number of para-hydroxylation sites is 1. The molecule has 0 saturated heterocycles. The molecule has 0 radical (unpaired) electrons. The van der Waals surface area contributed by atoms with Crippen LogP contribution in [0.4, 0.5) is 11.4 Å². The number of carbonyl (C=O) groups excluding carboxylic acids is 2. The number of hydrogen-bond donors (Lipinski definition) is 3. The number of Topliss-reactive ketones (excluding diaryl/α,β-unsaturated/α-hetero) is 1. The molecule has 0 unspecified atom stereocenters. The minimum Gasteiger partial charge on any atom is -0.494 e. The highest BCUT2D eigenvalue weighted by Gasteiger charge is 2.30. The first-order valence-corrected chi connectivity index (χ1v) is 8.64. The number of carbonyl (C=O) groups is 2. The van der Waals surface area contributed by atoms with Crippen molar-refractivity contribution in [3.05, 3.63) is 53.6 Å². The maximum Gasteiger partial charge on any atom is 0.229 e. The Morgan fingerprint density at radius 2 is 1.89 bits per heavy atom. The molecule has 27 heavy (non-hydrogen) atoms. The van der Waals surface area contributed by atoms with Crippen molar-refractivity contribution in [3.8, 4) is 5.88 Å². The third-order valence-corrected chi connectivity index (χ3v) is 4.55. The number of aromatic hydroxyl groups is 1. The highest BCUT2D eigenvalue weighted by molar-refractivity contribution is 6.56. The fourth-order valence-corrected chi connectivity index (χ4v) is 3.05. The highest BCUT2D eigenvalue weighted by Crippen LogP contribution is 2.36. The zero-order valence-corrected chi connectivity index (χ0v) is 15.3. The number of aromatic amines is 1. The van der Waals surface area contributed by atoms with Crippen molar-refractivity contribution < 1.29 is 14.7 Å². The molecule has 1 aliphatic rings. The first-order valence-electron chi connectivity index (χ1n) is 8.64. The van der Waals surface area contributed by atoms with E-state index in [-0.39, 0.29) is 23.3 Å². The van der Waals surface area contributed by atoms with E-state index >= 15 is 0 Å². The Balaban J connectivity index is 1.80. The van der Waals surface area contributed by atoms with Gasteiger partial charge in [-0.2, -0.15) is 0 Å². The van der Waals surface area contributed by atoms with Crippen LogP contribution < -0.4 is 5.32 Å². The Hall–Kier alpha value is -3.41. The summed E-state index contributed by atoms with van der Waals surface area (Å²) in [6, 6.07) is 12.3. The molecule has 0 atom stereocenters. The van der Waals surface area contributed by atoms with Crippen LogP contribution in [0, 0.1) is 5.41 Å². The van der Waals surface area contributed by atoms with Gasteiger partial charge in [-0.05, 0) is 30.3 Å². The van der Waals surface area contributed by atoms with Crippen LogP contribution in [0.2, 0.25) is 0 Å². The SMILES string of the molecule is CC(C)(C)C(=O)Nc1ccc2[nH]c(O)c(C3=Nc4ccccc4C3=O)c2c1. The number of nitrogens with one attached hydrogen (secondary N) is 2. The van der Waals surface area contributed by atoms with Gasteiger partial charge in [0.05, 0.1) is 11.3 Å². The largest absolute Gasteiger partial charge is 0.494 e. The number of rotatable bonds is 2. The van der Waals surface area contributed by atoms with Gasteiger partial charge in [-0.1, -0.05) is 32.9 Å². The number of H-pyrrole nitrogens is 1. The topological polar surface area (TPSA) is 94.6 Å². The summed E-state index contributed by atoms with van der Waals surface area (Å²) >= 11 is 0. The Morgan fingerprint density at radius 3 is 2.59 bits per heavy atom. The van der Waals surface area contributed by atoms with Crippen molar-refractivity contribution in [2.75, 3.05) is 5.32 Å². The first kappa shape index (κ1) is 17.0. The predicted octanol–water partition coefficient (Wildman–Crippen LogP) is 4.18. The normalized spacial score (nSPS) is 13.6. The molecule has 2 heterocycles. The Morgan fingerprint density at radius 1 is 1.15 bits per heavy atom. The number of anilines is 1. The van der Waals surface area contributed by atoms with E-state index in [4.69, 9.17) is 0 Å². The van der Waals surface area contributed by atoms with E-state index in [1.165, 1.54) is 0 Å². The molecule has 6 heteroatoms. The number of aliphatic imine (C=N–C) groups is 1. The van der Waals surface area contributed by atoms with E-state index < -0.39 is 5.41 Å². The van der Waals surface area contributed by atoms with E-state index in [2.05, 4.69) is 15.3 Å². The lowest BCUT2D eigenvalue weighted by Gasteiger charge is -2.17. The van der Waals surface area contributed by atoms with Crippen molar-refractivity contribution in [1.82, 2.24) is 4.98 Å². The lowest BCUT2D eigenvalue weighted by atomic mass is 9.95. The molecule has 0 aliphatic carbocycles. The van der Waals surface area contributed by atoms with Crippen molar-refractivity contribution in [3.63, 3.8) is 0 Å².